The zero-order valence-corrected chi connectivity index (χ0v) is 12.1. The summed E-state index contributed by atoms with van der Waals surface area (Å²) in [6.45, 7) is 3.21. The van der Waals surface area contributed by atoms with E-state index in [-0.39, 0.29) is 6.10 Å². The van der Waals surface area contributed by atoms with Gasteiger partial charge in [-0.25, -0.2) is 0 Å². The van der Waals surface area contributed by atoms with Crippen molar-refractivity contribution in [1.29, 1.82) is 0 Å². The molecule has 1 aliphatic rings. The van der Waals surface area contributed by atoms with E-state index in [0.717, 1.165) is 29.5 Å². The molecule has 0 spiro atoms. The van der Waals surface area contributed by atoms with Gasteiger partial charge >= 0.3 is 0 Å². The summed E-state index contributed by atoms with van der Waals surface area (Å²) in [6, 6.07) is 3.74. The van der Waals surface area contributed by atoms with E-state index in [9.17, 15) is 0 Å². The highest BCUT2D eigenvalue weighted by atomic mass is 35.5. The minimum Gasteiger partial charge on any atom is -0.493 e. The predicted octanol–water partition coefficient (Wildman–Crippen LogP) is 2.77. The maximum absolute atomic E-state index is 6.12. The van der Waals surface area contributed by atoms with Gasteiger partial charge in [-0.05, 0) is 19.1 Å². The molecule has 1 aliphatic heterocycles. The first kappa shape index (κ1) is 13.4. The number of rotatable bonds is 3. The number of benzene rings is 1. The summed E-state index contributed by atoms with van der Waals surface area (Å²) < 4.78 is 16.7. The Morgan fingerprint density at radius 2 is 2.05 bits per heavy atom. The summed E-state index contributed by atoms with van der Waals surface area (Å²) in [5.74, 6) is 1.32. The lowest BCUT2D eigenvalue weighted by atomic mass is 10.1. The Kier molecular flexibility index (Phi) is 3.63. The van der Waals surface area contributed by atoms with E-state index < -0.39 is 0 Å². The van der Waals surface area contributed by atoms with E-state index in [1.54, 1.807) is 7.11 Å². The van der Waals surface area contributed by atoms with Crippen LogP contribution in [0.5, 0.6) is 11.5 Å². The minimum atomic E-state index is 0.0519. The zero-order chi connectivity index (χ0) is 14.1. The number of hydrogen-bond donors (Lipinski definition) is 0. The zero-order valence-electron chi connectivity index (χ0n) is 11.4. The first-order valence-electron chi connectivity index (χ1n) is 6.44. The minimum absolute atomic E-state index is 0.0519. The molecule has 1 aromatic carbocycles. The second kappa shape index (κ2) is 5.42. The van der Waals surface area contributed by atoms with Crippen molar-refractivity contribution < 1.29 is 14.2 Å². The summed E-state index contributed by atoms with van der Waals surface area (Å²) in [7, 11) is 1.62. The molecule has 5 nitrogen and oxygen atoms in total. The number of aromatic nitrogens is 2. The molecule has 1 aromatic heterocycles. The largest absolute Gasteiger partial charge is 0.493 e. The molecule has 0 saturated carbocycles. The van der Waals surface area contributed by atoms with Crippen LogP contribution in [0, 0.1) is 6.92 Å². The van der Waals surface area contributed by atoms with Crippen molar-refractivity contribution in [3.8, 4) is 11.5 Å². The second-order valence-electron chi connectivity index (χ2n) is 4.73. The molecule has 1 fully saturated rings. The summed E-state index contributed by atoms with van der Waals surface area (Å²) in [5.41, 5.74) is 0.804. The third kappa shape index (κ3) is 2.39. The van der Waals surface area contributed by atoms with Crippen molar-refractivity contribution in [2.24, 2.45) is 0 Å². The van der Waals surface area contributed by atoms with Gasteiger partial charge in [0, 0.05) is 17.2 Å². The van der Waals surface area contributed by atoms with Gasteiger partial charge in [0.1, 0.15) is 6.10 Å². The average molecular weight is 295 g/mol. The third-order valence-electron chi connectivity index (χ3n) is 3.39. The van der Waals surface area contributed by atoms with Gasteiger partial charge in [0.2, 0.25) is 0 Å². The van der Waals surface area contributed by atoms with Crippen LogP contribution in [0.1, 0.15) is 12.1 Å². The van der Waals surface area contributed by atoms with Crippen molar-refractivity contribution in [1.82, 2.24) is 10.2 Å². The molecule has 0 aliphatic carbocycles. The third-order valence-corrected chi connectivity index (χ3v) is 3.66. The van der Waals surface area contributed by atoms with Crippen molar-refractivity contribution in [3.63, 3.8) is 0 Å². The number of ether oxygens (including phenoxy) is 3. The normalized spacial score (nSPS) is 18.4. The predicted molar refractivity (Wildman–Crippen MR) is 75.7 cm³/mol. The smallest absolute Gasteiger partial charge is 0.162 e. The van der Waals surface area contributed by atoms with Gasteiger partial charge in [-0.2, -0.15) is 5.10 Å². The molecule has 0 N–H and O–H groups in total. The molecule has 2 aromatic rings. The summed E-state index contributed by atoms with van der Waals surface area (Å²) in [4.78, 5) is 0. The van der Waals surface area contributed by atoms with Gasteiger partial charge in [-0.15, -0.1) is 5.10 Å². The van der Waals surface area contributed by atoms with Gasteiger partial charge in [0.05, 0.1) is 26.0 Å². The summed E-state index contributed by atoms with van der Waals surface area (Å²) >= 11 is 6.12. The van der Waals surface area contributed by atoms with E-state index >= 15 is 0 Å². The Bertz CT molecular complexity index is 642. The molecule has 106 valence electrons. The van der Waals surface area contributed by atoms with Crippen LogP contribution >= 0.6 is 11.6 Å². The number of fused-ring (bicyclic) bond motifs is 1. The van der Waals surface area contributed by atoms with Crippen LogP contribution in [0.25, 0.3) is 10.8 Å². The number of nitrogens with zero attached hydrogens (tertiary/aromatic N) is 2. The molecule has 0 amide bonds. The first-order valence-corrected chi connectivity index (χ1v) is 6.81. The van der Waals surface area contributed by atoms with Crippen molar-refractivity contribution in [3.05, 3.63) is 23.0 Å². The molecule has 6 heteroatoms. The number of methoxy groups -OCH3 is 1. The van der Waals surface area contributed by atoms with Crippen LogP contribution < -0.4 is 9.47 Å². The van der Waals surface area contributed by atoms with E-state index in [0.29, 0.717) is 23.3 Å². The Balaban J connectivity index is 2.08. The van der Waals surface area contributed by atoms with Gasteiger partial charge in [0.25, 0.3) is 0 Å². The van der Waals surface area contributed by atoms with Gasteiger partial charge in [-0.1, -0.05) is 11.6 Å². The average Bonchev–Trinajstić information content (AvgIpc) is 2.95. The fourth-order valence-electron chi connectivity index (χ4n) is 2.29. The molecule has 20 heavy (non-hydrogen) atoms. The highest BCUT2D eigenvalue weighted by Gasteiger charge is 2.20. The van der Waals surface area contributed by atoms with E-state index in [2.05, 4.69) is 10.2 Å². The Morgan fingerprint density at radius 1 is 1.25 bits per heavy atom. The highest BCUT2D eigenvalue weighted by Crippen LogP contribution is 2.36. The Hall–Kier alpha value is -1.59. The van der Waals surface area contributed by atoms with E-state index in [4.69, 9.17) is 25.8 Å². The van der Waals surface area contributed by atoms with E-state index in [1.807, 2.05) is 19.1 Å². The number of halogens is 1. The summed E-state index contributed by atoms with van der Waals surface area (Å²) in [5, 5.41) is 10.0. The maximum Gasteiger partial charge on any atom is 0.162 e. The van der Waals surface area contributed by atoms with Gasteiger partial charge in [-0.3, -0.25) is 0 Å². The first-order chi connectivity index (χ1) is 9.69. The SMILES string of the molecule is COc1cc2c(C)nnc(Cl)c2cc1O[C@H]1CCOC1. The van der Waals surface area contributed by atoms with Crippen LogP contribution in [0.2, 0.25) is 5.15 Å². The van der Waals surface area contributed by atoms with Crippen LogP contribution in [0.15, 0.2) is 12.1 Å². The molecule has 0 radical (unpaired) electrons. The lowest BCUT2D eigenvalue weighted by Gasteiger charge is -2.16. The van der Waals surface area contributed by atoms with Crippen molar-refractivity contribution >= 4 is 22.4 Å². The van der Waals surface area contributed by atoms with Crippen LogP contribution in [-0.4, -0.2) is 36.6 Å². The van der Waals surface area contributed by atoms with Crippen molar-refractivity contribution in [2.45, 2.75) is 19.4 Å². The number of aryl methyl sites for hydroxylation is 1. The van der Waals surface area contributed by atoms with Gasteiger partial charge in [0.15, 0.2) is 16.7 Å². The molecule has 0 bridgehead atoms. The van der Waals surface area contributed by atoms with Gasteiger partial charge < -0.3 is 14.2 Å². The molecule has 3 rings (SSSR count). The topological polar surface area (TPSA) is 53.5 Å². The molecule has 0 unspecified atom stereocenters. The number of hydrogen-bond acceptors (Lipinski definition) is 5. The summed E-state index contributed by atoms with van der Waals surface area (Å²) in [6.07, 6.45) is 0.929. The molecule has 1 atom stereocenters. The Labute approximate surface area is 121 Å². The fraction of sp³-hybridized carbons (Fsp3) is 0.429. The Morgan fingerprint density at radius 3 is 2.75 bits per heavy atom. The van der Waals surface area contributed by atoms with Crippen LogP contribution in [0.3, 0.4) is 0 Å². The van der Waals surface area contributed by atoms with E-state index in [1.165, 1.54) is 0 Å². The van der Waals surface area contributed by atoms with Crippen LogP contribution in [-0.2, 0) is 4.74 Å². The maximum atomic E-state index is 6.12. The fourth-order valence-corrected chi connectivity index (χ4v) is 2.49. The molecule has 1 saturated heterocycles. The molecular weight excluding hydrogens is 280 g/mol. The molecule has 2 heterocycles. The molecular formula is C14H15ClN2O3. The standard InChI is InChI=1S/C14H15ClN2O3/c1-8-10-5-12(18-2)13(20-9-3-4-19-7-9)6-11(10)14(15)17-16-8/h5-6,9H,3-4,7H2,1-2H3/t9-/m0/s1. The lowest BCUT2D eigenvalue weighted by Crippen LogP contribution is -2.16. The second-order valence-corrected chi connectivity index (χ2v) is 5.09. The quantitative estimate of drug-likeness (QED) is 0.871. The van der Waals surface area contributed by atoms with Crippen molar-refractivity contribution in [2.75, 3.05) is 20.3 Å². The highest BCUT2D eigenvalue weighted by molar-refractivity contribution is 6.34. The lowest BCUT2D eigenvalue weighted by molar-refractivity contribution is 0.139. The van der Waals surface area contributed by atoms with Crippen LogP contribution in [0.4, 0.5) is 0 Å². The monoisotopic (exact) mass is 294 g/mol.